The van der Waals surface area contributed by atoms with E-state index in [1.165, 1.54) is 5.52 Å². The third kappa shape index (κ3) is 2.70. The molecule has 3 heterocycles. The number of benzene rings is 1. The van der Waals surface area contributed by atoms with Crippen LogP contribution in [0.15, 0.2) is 48.8 Å². The summed E-state index contributed by atoms with van der Waals surface area (Å²) >= 11 is 0. The number of ether oxygens (including phenoxy) is 1. The standard InChI is InChI=1S/C19H22N4O/c1-22(13-18-21-15-7-3-4-8-16(15)23(18)2)17-9-11-24-19(17)14-6-5-10-20-12-14/h3-8,10,12,17,19H,9,11,13H2,1-2H3/t17-,19+/m0/s1. The maximum Gasteiger partial charge on any atom is 0.123 e. The Bertz CT molecular complexity index is 830. The van der Waals surface area contributed by atoms with Crippen LogP contribution in [0.3, 0.4) is 0 Å². The first-order valence-electron chi connectivity index (χ1n) is 8.36. The molecule has 0 bridgehead atoms. The molecule has 0 radical (unpaired) electrons. The highest BCUT2D eigenvalue weighted by molar-refractivity contribution is 5.75. The van der Waals surface area contributed by atoms with Gasteiger partial charge in [-0.2, -0.15) is 0 Å². The molecule has 2 atom stereocenters. The Morgan fingerprint density at radius 1 is 1.25 bits per heavy atom. The normalized spacial score (nSPS) is 21.0. The summed E-state index contributed by atoms with van der Waals surface area (Å²) in [5.41, 5.74) is 3.37. The molecule has 1 saturated heterocycles. The molecule has 2 aromatic heterocycles. The van der Waals surface area contributed by atoms with Gasteiger partial charge in [0.2, 0.25) is 0 Å². The molecule has 0 amide bonds. The lowest BCUT2D eigenvalue weighted by Gasteiger charge is -2.28. The van der Waals surface area contributed by atoms with Gasteiger partial charge in [0, 0.05) is 37.7 Å². The van der Waals surface area contributed by atoms with Gasteiger partial charge in [0.25, 0.3) is 0 Å². The van der Waals surface area contributed by atoms with Crippen LogP contribution in [0.5, 0.6) is 0 Å². The number of aryl methyl sites for hydroxylation is 1. The van der Waals surface area contributed by atoms with Gasteiger partial charge in [0.1, 0.15) is 5.82 Å². The van der Waals surface area contributed by atoms with Crippen molar-refractivity contribution in [3.05, 3.63) is 60.2 Å². The second-order valence-corrected chi connectivity index (χ2v) is 6.42. The average molecular weight is 322 g/mol. The molecule has 0 saturated carbocycles. The van der Waals surface area contributed by atoms with Crippen molar-refractivity contribution in [3.63, 3.8) is 0 Å². The van der Waals surface area contributed by atoms with Crippen LogP contribution < -0.4 is 0 Å². The van der Waals surface area contributed by atoms with Crippen LogP contribution in [-0.2, 0) is 18.3 Å². The molecule has 1 aliphatic heterocycles. The number of pyridine rings is 1. The minimum atomic E-state index is 0.0818. The van der Waals surface area contributed by atoms with E-state index in [-0.39, 0.29) is 6.10 Å². The second-order valence-electron chi connectivity index (χ2n) is 6.42. The zero-order valence-electron chi connectivity index (χ0n) is 14.1. The van der Waals surface area contributed by atoms with Crippen LogP contribution in [0.4, 0.5) is 0 Å². The van der Waals surface area contributed by atoms with E-state index in [0.29, 0.717) is 6.04 Å². The van der Waals surface area contributed by atoms with Crippen molar-refractivity contribution < 1.29 is 4.74 Å². The van der Waals surface area contributed by atoms with Gasteiger partial charge in [0.15, 0.2) is 0 Å². The number of fused-ring (bicyclic) bond motifs is 1. The Balaban J connectivity index is 1.56. The molecule has 1 aromatic carbocycles. The molecule has 5 nitrogen and oxygen atoms in total. The maximum absolute atomic E-state index is 5.99. The van der Waals surface area contributed by atoms with Crippen LogP contribution in [-0.4, -0.2) is 39.1 Å². The highest BCUT2D eigenvalue weighted by Gasteiger charge is 2.33. The van der Waals surface area contributed by atoms with Crippen molar-refractivity contribution in [2.24, 2.45) is 7.05 Å². The third-order valence-electron chi connectivity index (χ3n) is 4.91. The number of hydrogen-bond donors (Lipinski definition) is 0. The van der Waals surface area contributed by atoms with Gasteiger partial charge in [-0.25, -0.2) is 4.98 Å². The number of imidazole rings is 1. The van der Waals surface area contributed by atoms with E-state index in [4.69, 9.17) is 9.72 Å². The molecule has 1 fully saturated rings. The first kappa shape index (κ1) is 15.3. The number of hydrogen-bond acceptors (Lipinski definition) is 4. The molecular weight excluding hydrogens is 300 g/mol. The molecule has 0 N–H and O–H groups in total. The van der Waals surface area contributed by atoms with Gasteiger partial charge in [-0.15, -0.1) is 0 Å². The highest BCUT2D eigenvalue weighted by atomic mass is 16.5. The Hall–Kier alpha value is -2.24. The smallest absolute Gasteiger partial charge is 0.123 e. The van der Waals surface area contributed by atoms with Crippen LogP contribution >= 0.6 is 0 Å². The lowest BCUT2D eigenvalue weighted by molar-refractivity contribution is 0.0660. The number of rotatable bonds is 4. The Morgan fingerprint density at radius 3 is 2.92 bits per heavy atom. The summed E-state index contributed by atoms with van der Waals surface area (Å²) in [6.45, 7) is 1.59. The van der Waals surface area contributed by atoms with E-state index in [1.807, 2.05) is 18.3 Å². The van der Waals surface area contributed by atoms with E-state index in [2.05, 4.69) is 52.8 Å². The molecular formula is C19H22N4O. The monoisotopic (exact) mass is 322 g/mol. The second kappa shape index (κ2) is 6.34. The van der Waals surface area contributed by atoms with Crippen molar-refractivity contribution in [1.82, 2.24) is 19.4 Å². The van der Waals surface area contributed by atoms with Gasteiger partial charge >= 0.3 is 0 Å². The van der Waals surface area contributed by atoms with Crippen molar-refractivity contribution in [1.29, 1.82) is 0 Å². The Morgan fingerprint density at radius 2 is 2.12 bits per heavy atom. The van der Waals surface area contributed by atoms with Crippen molar-refractivity contribution in [2.45, 2.75) is 25.1 Å². The summed E-state index contributed by atoms with van der Waals surface area (Å²) in [5, 5.41) is 0. The van der Waals surface area contributed by atoms with E-state index in [1.54, 1.807) is 6.20 Å². The Labute approximate surface area is 141 Å². The lowest BCUT2D eigenvalue weighted by Crippen LogP contribution is -2.34. The molecule has 4 rings (SSSR count). The number of aromatic nitrogens is 3. The van der Waals surface area contributed by atoms with Crippen LogP contribution in [0.25, 0.3) is 11.0 Å². The van der Waals surface area contributed by atoms with Crippen LogP contribution in [0.1, 0.15) is 23.9 Å². The first-order valence-corrected chi connectivity index (χ1v) is 8.36. The minimum absolute atomic E-state index is 0.0818. The summed E-state index contributed by atoms with van der Waals surface area (Å²) in [6, 6.07) is 12.7. The molecule has 0 aliphatic carbocycles. The SMILES string of the molecule is CN(Cc1nc2ccccc2n1C)[C@H]1CCO[C@@H]1c1cccnc1. The van der Waals surface area contributed by atoms with E-state index < -0.39 is 0 Å². The largest absolute Gasteiger partial charge is 0.372 e. The van der Waals surface area contributed by atoms with E-state index >= 15 is 0 Å². The van der Waals surface area contributed by atoms with E-state index in [0.717, 1.165) is 36.5 Å². The van der Waals surface area contributed by atoms with Gasteiger partial charge in [0.05, 0.1) is 23.7 Å². The predicted molar refractivity (Wildman–Crippen MR) is 93.5 cm³/mol. The predicted octanol–water partition coefficient (Wildman–Crippen LogP) is 2.93. The maximum atomic E-state index is 5.99. The quantitative estimate of drug-likeness (QED) is 0.741. The van der Waals surface area contributed by atoms with Crippen molar-refractivity contribution >= 4 is 11.0 Å². The molecule has 1 aliphatic rings. The van der Waals surface area contributed by atoms with E-state index in [9.17, 15) is 0 Å². The van der Waals surface area contributed by atoms with Crippen LogP contribution in [0.2, 0.25) is 0 Å². The third-order valence-corrected chi connectivity index (χ3v) is 4.91. The zero-order valence-corrected chi connectivity index (χ0v) is 14.1. The minimum Gasteiger partial charge on any atom is -0.372 e. The first-order chi connectivity index (χ1) is 11.7. The van der Waals surface area contributed by atoms with Gasteiger partial charge < -0.3 is 9.30 Å². The fraction of sp³-hybridized carbons (Fsp3) is 0.368. The van der Waals surface area contributed by atoms with Crippen molar-refractivity contribution in [2.75, 3.05) is 13.7 Å². The molecule has 0 spiro atoms. The Kier molecular flexibility index (Phi) is 4.04. The molecule has 3 aromatic rings. The van der Waals surface area contributed by atoms with Gasteiger partial charge in [-0.1, -0.05) is 18.2 Å². The highest BCUT2D eigenvalue weighted by Crippen LogP contribution is 2.32. The van der Waals surface area contributed by atoms with Crippen molar-refractivity contribution in [3.8, 4) is 0 Å². The lowest BCUT2D eigenvalue weighted by atomic mass is 10.0. The van der Waals surface area contributed by atoms with Gasteiger partial charge in [-0.3, -0.25) is 9.88 Å². The zero-order chi connectivity index (χ0) is 16.5. The summed E-state index contributed by atoms with van der Waals surface area (Å²) < 4.78 is 8.17. The topological polar surface area (TPSA) is 43.2 Å². The van der Waals surface area contributed by atoms with Gasteiger partial charge in [-0.05, 0) is 31.7 Å². The molecule has 5 heteroatoms. The number of nitrogens with zero attached hydrogens (tertiary/aromatic N) is 4. The number of para-hydroxylation sites is 2. The fourth-order valence-corrected chi connectivity index (χ4v) is 3.57. The number of likely N-dealkylation sites (N-methyl/N-ethyl adjacent to an activating group) is 1. The summed E-state index contributed by atoms with van der Waals surface area (Å²) in [4.78, 5) is 11.4. The summed E-state index contributed by atoms with van der Waals surface area (Å²) in [5.74, 6) is 1.08. The molecule has 24 heavy (non-hydrogen) atoms. The average Bonchev–Trinajstić information content (AvgIpc) is 3.22. The molecule has 124 valence electrons. The summed E-state index contributed by atoms with van der Waals surface area (Å²) in [6.07, 6.45) is 4.82. The van der Waals surface area contributed by atoms with Crippen LogP contribution in [0, 0.1) is 0 Å². The fourth-order valence-electron chi connectivity index (χ4n) is 3.57. The molecule has 0 unspecified atom stereocenters. The summed E-state index contributed by atoms with van der Waals surface area (Å²) in [7, 11) is 4.24.